The van der Waals surface area contributed by atoms with Crippen LogP contribution in [0.1, 0.15) is 32.0 Å². The summed E-state index contributed by atoms with van der Waals surface area (Å²) in [5.41, 5.74) is 0. The molecule has 2 aromatic rings. The Morgan fingerprint density at radius 2 is 1.81 bits per heavy atom. The molecule has 2 heterocycles. The van der Waals surface area contributed by atoms with Gasteiger partial charge in [0, 0.05) is 6.54 Å². The maximum Gasteiger partial charge on any atom is 0.323 e. The summed E-state index contributed by atoms with van der Waals surface area (Å²) < 4.78 is 10.5. The van der Waals surface area contributed by atoms with Crippen LogP contribution in [0.5, 0.6) is 6.01 Å². The van der Waals surface area contributed by atoms with Gasteiger partial charge in [-0.05, 0) is 20.3 Å². The quantitative estimate of drug-likeness (QED) is 0.745. The van der Waals surface area contributed by atoms with Crippen molar-refractivity contribution in [1.82, 2.24) is 25.1 Å². The van der Waals surface area contributed by atoms with Crippen LogP contribution in [0, 0.1) is 6.92 Å². The first kappa shape index (κ1) is 14.9. The minimum absolute atomic E-state index is 0.284. The lowest BCUT2D eigenvalue weighted by Crippen LogP contribution is -2.11. The van der Waals surface area contributed by atoms with Gasteiger partial charge in [0.25, 0.3) is 0 Å². The fourth-order valence-corrected chi connectivity index (χ4v) is 1.50. The molecule has 0 unspecified atom stereocenters. The van der Waals surface area contributed by atoms with Gasteiger partial charge in [0.2, 0.25) is 17.8 Å². The summed E-state index contributed by atoms with van der Waals surface area (Å²) in [7, 11) is 0. The van der Waals surface area contributed by atoms with Gasteiger partial charge in [-0.2, -0.15) is 19.9 Å². The molecule has 0 aliphatic carbocycles. The highest BCUT2D eigenvalue weighted by molar-refractivity contribution is 5.35. The Hall–Kier alpha value is -2.45. The minimum Gasteiger partial charge on any atom is -0.463 e. The number of anilines is 2. The van der Waals surface area contributed by atoms with Crippen molar-refractivity contribution in [2.24, 2.45) is 0 Å². The maximum absolute atomic E-state index is 5.45. The van der Waals surface area contributed by atoms with E-state index in [4.69, 9.17) is 9.26 Å². The lowest BCUT2D eigenvalue weighted by molar-refractivity contribution is 0.292. The molecule has 0 amide bonds. The third-order valence-electron chi connectivity index (χ3n) is 2.35. The molecule has 2 N–H and O–H groups in total. The molecule has 0 aromatic carbocycles. The average Bonchev–Trinajstić information content (AvgIpc) is 2.89. The lowest BCUT2D eigenvalue weighted by Gasteiger charge is -2.08. The summed E-state index contributed by atoms with van der Waals surface area (Å²) in [5, 5.41) is 9.76. The van der Waals surface area contributed by atoms with E-state index in [-0.39, 0.29) is 6.01 Å². The monoisotopic (exact) mass is 293 g/mol. The van der Waals surface area contributed by atoms with E-state index >= 15 is 0 Å². The van der Waals surface area contributed by atoms with Crippen molar-refractivity contribution < 1.29 is 9.26 Å². The molecule has 9 nitrogen and oxygen atoms in total. The number of aromatic nitrogens is 5. The summed E-state index contributed by atoms with van der Waals surface area (Å²) in [4.78, 5) is 16.7. The Morgan fingerprint density at radius 1 is 1.05 bits per heavy atom. The first-order chi connectivity index (χ1) is 10.2. The zero-order valence-corrected chi connectivity index (χ0v) is 12.4. The highest BCUT2D eigenvalue weighted by Crippen LogP contribution is 2.12. The third-order valence-corrected chi connectivity index (χ3v) is 2.35. The normalized spacial score (nSPS) is 10.4. The fourth-order valence-electron chi connectivity index (χ4n) is 1.50. The van der Waals surface area contributed by atoms with E-state index in [2.05, 4.69) is 35.7 Å². The number of aryl methyl sites for hydroxylation is 1. The predicted octanol–water partition coefficient (Wildman–Crippen LogP) is 1.40. The molecule has 2 rings (SSSR count). The molecule has 9 heteroatoms. The van der Waals surface area contributed by atoms with Crippen LogP contribution in [0.2, 0.25) is 0 Å². The van der Waals surface area contributed by atoms with Gasteiger partial charge in [-0.1, -0.05) is 12.1 Å². The lowest BCUT2D eigenvalue weighted by atomic mass is 10.5. The van der Waals surface area contributed by atoms with E-state index < -0.39 is 0 Å². The number of rotatable bonds is 8. The number of nitrogens with zero attached hydrogens (tertiary/aromatic N) is 5. The largest absolute Gasteiger partial charge is 0.463 e. The molecule has 0 radical (unpaired) electrons. The molecule has 0 spiro atoms. The Kier molecular flexibility index (Phi) is 5.24. The van der Waals surface area contributed by atoms with Crippen LogP contribution in [0.4, 0.5) is 11.9 Å². The summed E-state index contributed by atoms with van der Waals surface area (Å²) in [6.07, 6.45) is 0.881. The summed E-state index contributed by atoms with van der Waals surface area (Å²) in [6, 6.07) is 0.284. The molecule has 0 bridgehead atoms. The van der Waals surface area contributed by atoms with Crippen LogP contribution in [-0.2, 0) is 6.54 Å². The molecule has 0 aliphatic heterocycles. The molecule has 21 heavy (non-hydrogen) atoms. The number of ether oxygens (including phenoxy) is 1. The zero-order valence-electron chi connectivity index (χ0n) is 12.4. The van der Waals surface area contributed by atoms with Gasteiger partial charge in [0.1, 0.15) is 0 Å². The molecule has 0 saturated heterocycles. The van der Waals surface area contributed by atoms with E-state index in [9.17, 15) is 0 Å². The van der Waals surface area contributed by atoms with Gasteiger partial charge in [0.15, 0.2) is 5.82 Å². The van der Waals surface area contributed by atoms with E-state index in [0.29, 0.717) is 43.3 Å². The molecule has 114 valence electrons. The summed E-state index contributed by atoms with van der Waals surface area (Å²) >= 11 is 0. The Morgan fingerprint density at radius 3 is 2.43 bits per heavy atom. The van der Waals surface area contributed by atoms with E-state index in [1.165, 1.54) is 0 Å². The highest BCUT2D eigenvalue weighted by atomic mass is 16.5. The SMILES string of the molecule is CCCOc1nc(NCC)nc(NCc2nc(C)no2)n1. The second-order valence-corrected chi connectivity index (χ2v) is 4.23. The first-order valence-corrected chi connectivity index (χ1v) is 6.87. The van der Waals surface area contributed by atoms with Crippen LogP contribution < -0.4 is 15.4 Å². The van der Waals surface area contributed by atoms with Gasteiger partial charge in [-0.25, -0.2) is 0 Å². The standard InChI is InChI=1S/C12H19N7O2/c1-4-6-20-12-17-10(13-5-2)16-11(18-12)14-7-9-15-8(3)19-21-9/h4-7H2,1-3H3,(H2,13,14,16,17,18). The number of hydrogen-bond donors (Lipinski definition) is 2. The van der Waals surface area contributed by atoms with Gasteiger partial charge in [-0.3, -0.25) is 0 Å². The number of hydrogen-bond acceptors (Lipinski definition) is 9. The molecule has 0 saturated carbocycles. The van der Waals surface area contributed by atoms with Crippen molar-refractivity contribution in [3.8, 4) is 6.01 Å². The van der Waals surface area contributed by atoms with Crippen LogP contribution in [0.15, 0.2) is 4.52 Å². The van der Waals surface area contributed by atoms with Crippen molar-refractivity contribution in [2.75, 3.05) is 23.8 Å². The molecule has 0 aliphatic rings. The summed E-state index contributed by atoms with van der Waals surface area (Å²) in [6.45, 7) is 7.34. The first-order valence-electron chi connectivity index (χ1n) is 6.87. The van der Waals surface area contributed by atoms with Crippen molar-refractivity contribution in [2.45, 2.75) is 33.7 Å². The molecule has 2 aromatic heterocycles. The number of nitrogens with one attached hydrogen (secondary N) is 2. The maximum atomic E-state index is 5.45. The zero-order chi connectivity index (χ0) is 15.1. The highest BCUT2D eigenvalue weighted by Gasteiger charge is 2.09. The molecular weight excluding hydrogens is 274 g/mol. The Bertz CT molecular complexity index is 572. The molecular formula is C12H19N7O2. The second kappa shape index (κ2) is 7.36. The van der Waals surface area contributed by atoms with Gasteiger partial charge in [0.05, 0.1) is 13.2 Å². The Labute approximate surface area is 122 Å². The van der Waals surface area contributed by atoms with Crippen molar-refractivity contribution in [3.05, 3.63) is 11.7 Å². The van der Waals surface area contributed by atoms with Crippen LogP contribution in [-0.4, -0.2) is 38.2 Å². The van der Waals surface area contributed by atoms with Gasteiger partial charge >= 0.3 is 6.01 Å². The van der Waals surface area contributed by atoms with Gasteiger partial charge < -0.3 is 19.9 Å². The van der Waals surface area contributed by atoms with Crippen molar-refractivity contribution >= 4 is 11.9 Å². The third kappa shape index (κ3) is 4.55. The van der Waals surface area contributed by atoms with Gasteiger partial charge in [-0.15, -0.1) is 0 Å². The van der Waals surface area contributed by atoms with Crippen molar-refractivity contribution in [1.29, 1.82) is 0 Å². The summed E-state index contributed by atoms with van der Waals surface area (Å²) in [5.74, 6) is 1.91. The van der Waals surface area contributed by atoms with Crippen LogP contribution in [0.25, 0.3) is 0 Å². The van der Waals surface area contributed by atoms with E-state index in [1.807, 2.05) is 13.8 Å². The van der Waals surface area contributed by atoms with Crippen LogP contribution >= 0.6 is 0 Å². The van der Waals surface area contributed by atoms with E-state index in [0.717, 1.165) is 6.42 Å². The molecule has 0 atom stereocenters. The van der Waals surface area contributed by atoms with Crippen molar-refractivity contribution in [3.63, 3.8) is 0 Å². The fraction of sp³-hybridized carbons (Fsp3) is 0.583. The minimum atomic E-state index is 0.284. The average molecular weight is 293 g/mol. The van der Waals surface area contributed by atoms with E-state index in [1.54, 1.807) is 6.92 Å². The molecule has 0 fully saturated rings. The smallest absolute Gasteiger partial charge is 0.323 e. The topological polar surface area (TPSA) is 111 Å². The second-order valence-electron chi connectivity index (χ2n) is 4.23. The predicted molar refractivity (Wildman–Crippen MR) is 76.1 cm³/mol. The Balaban J connectivity index is 2.07. The van der Waals surface area contributed by atoms with Crippen LogP contribution in [0.3, 0.4) is 0 Å².